The maximum atomic E-state index is 12.6. The normalized spacial score (nSPS) is 24.5. The highest BCUT2D eigenvalue weighted by atomic mass is 16.2. The first-order chi connectivity index (χ1) is 11.6. The van der Waals surface area contributed by atoms with Crippen molar-refractivity contribution in [2.24, 2.45) is 5.92 Å². The molecule has 6 nitrogen and oxygen atoms in total. The Labute approximate surface area is 143 Å². The van der Waals surface area contributed by atoms with Gasteiger partial charge in [0.2, 0.25) is 11.8 Å². The SMILES string of the molecule is Cc1cccc(NC(=O)C2CCCN(C(=O)[C@H]3CCCCN3)C2)n1. The molecule has 3 heterocycles. The Kier molecular flexibility index (Phi) is 5.45. The largest absolute Gasteiger partial charge is 0.341 e. The molecule has 2 saturated heterocycles. The average Bonchev–Trinajstić information content (AvgIpc) is 2.62. The fourth-order valence-electron chi connectivity index (χ4n) is 3.52. The molecule has 1 aromatic rings. The molecule has 1 unspecified atom stereocenters. The van der Waals surface area contributed by atoms with Crippen molar-refractivity contribution in [3.8, 4) is 0 Å². The van der Waals surface area contributed by atoms with Crippen molar-refractivity contribution in [3.63, 3.8) is 0 Å². The minimum absolute atomic E-state index is 0.0396. The van der Waals surface area contributed by atoms with Crippen LogP contribution in [0.4, 0.5) is 5.82 Å². The number of nitrogens with zero attached hydrogens (tertiary/aromatic N) is 2. The molecule has 6 heteroatoms. The maximum absolute atomic E-state index is 12.6. The number of amides is 2. The van der Waals surface area contributed by atoms with E-state index in [9.17, 15) is 9.59 Å². The summed E-state index contributed by atoms with van der Waals surface area (Å²) in [5.41, 5.74) is 0.872. The number of carbonyl (C=O) groups is 2. The predicted octanol–water partition coefficient (Wildman–Crippen LogP) is 1.71. The molecule has 2 atom stereocenters. The summed E-state index contributed by atoms with van der Waals surface area (Å²) in [7, 11) is 0. The van der Waals surface area contributed by atoms with Crippen LogP contribution in [0.5, 0.6) is 0 Å². The van der Waals surface area contributed by atoms with Crippen LogP contribution >= 0.6 is 0 Å². The highest BCUT2D eigenvalue weighted by Crippen LogP contribution is 2.20. The lowest BCUT2D eigenvalue weighted by Crippen LogP contribution is -2.52. The molecule has 0 bridgehead atoms. The van der Waals surface area contributed by atoms with Gasteiger partial charge in [0.15, 0.2) is 0 Å². The number of anilines is 1. The number of piperidine rings is 2. The van der Waals surface area contributed by atoms with E-state index in [2.05, 4.69) is 15.6 Å². The predicted molar refractivity (Wildman–Crippen MR) is 92.5 cm³/mol. The van der Waals surface area contributed by atoms with E-state index in [1.165, 1.54) is 0 Å². The van der Waals surface area contributed by atoms with Crippen molar-refractivity contribution < 1.29 is 9.59 Å². The molecule has 0 spiro atoms. The van der Waals surface area contributed by atoms with Gasteiger partial charge in [-0.1, -0.05) is 12.5 Å². The second kappa shape index (κ2) is 7.75. The summed E-state index contributed by atoms with van der Waals surface area (Å²) in [4.78, 5) is 31.3. The monoisotopic (exact) mass is 330 g/mol. The van der Waals surface area contributed by atoms with Crippen LogP contribution in [0, 0.1) is 12.8 Å². The molecule has 1 aromatic heterocycles. The number of pyridine rings is 1. The Bertz CT molecular complexity index is 598. The number of likely N-dealkylation sites (tertiary alicyclic amines) is 1. The summed E-state index contributed by atoms with van der Waals surface area (Å²) in [5.74, 6) is 0.536. The Morgan fingerprint density at radius 2 is 2.12 bits per heavy atom. The van der Waals surface area contributed by atoms with Gasteiger partial charge in [-0.3, -0.25) is 9.59 Å². The van der Waals surface area contributed by atoms with Gasteiger partial charge in [-0.2, -0.15) is 0 Å². The standard InChI is InChI=1S/C18H26N4O2/c1-13-6-4-9-16(20-13)21-17(23)14-7-5-11-22(12-14)18(24)15-8-2-3-10-19-15/h4,6,9,14-15,19H,2-3,5,7-8,10-12H2,1H3,(H,20,21,23)/t14?,15-/m1/s1. The van der Waals surface area contributed by atoms with Gasteiger partial charge in [0.05, 0.1) is 12.0 Å². The summed E-state index contributed by atoms with van der Waals surface area (Å²) in [6, 6.07) is 5.50. The minimum Gasteiger partial charge on any atom is -0.341 e. The number of carbonyl (C=O) groups excluding carboxylic acids is 2. The van der Waals surface area contributed by atoms with Gasteiger partial charge >= 0.3 is 0 Å². The Balaban J connectivity index is 1.58. The fourth-order valence-corrected chi connectivity index (χ4v) is 3.52. The van der Waals surface area contributed by atoms with Crippen LogP contribution < -0.4 is 10.6 Å². The van der Waals surface area contributed by atoms with Crippen molar-refractivity contribution in [2.45, 2.75) is 45.1 Å². The summed E-state index contributed by atoms with van der Waals surface area (Å²) in [6.07, 6.45) is 4.83. The molecule has 2 aliphatic rings. The second-order valence-corrected chi connectivity index (χ2v) is 6.78. The van der Waals surface area contributed by atoms with Crippen LogP contribution in [0.2, 0.25) is 0 Å². The Hall–Kier alpha value is -1.95. The third-order valence-corrected chi connectivity index (χ3v) is 4.85. The molecule has 0 aliphatic carbocycles. The van der Waals surface area contributed by atoms with Crippen LogP contribution in [0.15, 0.2) is 18.2 Å². The van der Waals surface area contributed by atoms with Gasteiger partial charge in [0, 0.05) is 18.8 Å². The summed E-state index contributed by atoms with van der Waals surface area (Å²) < 4.78 is 0. The first-order valence-electron chi connectivity index (χ1n) is 8.90. The zero-order valence-corrected chi connectivity index (χ0v) is 14.3. The van der Waals surface area contributed by atoms with Crippen LogP contribution in [-0.2, 0) is 9.59 Å². The lowest BCUT2D eigenvalue weighted by molar-refractivity contribution is -0.137. The molecule has 0 aromatic carbocycles. The van der Waals surface area contributed by atoms with E-state index < -0.39 is 0 Å². The van der Waals surface area contributed by atoms with Crippen molar-refractivity contribution in [1.29, 1.82) is 0 Å². The van der Waals surface area contributed by atoms with E-state index in [-0.39, 0.29) is 23.8 Å². The van der Waals surface area contributed by atoms with E-state index in [1.54, 1.807) is 6.07 Å². The van der Waals surface area contributed by atoms with Crippen molar-refractivity contribution in [3.05, 3.63) is 23.9 Å². The molecular weight excluding hydrogens is 304 g/mol. The first kappa shape index (κ1) is 16.9. The van der Waals surface area contributed by atoms with E-state index in [0.717, 1.165) is 50.9 Å². The zero-order chi connectivity index (χ0) is 16.9. The molecule has 3 rings (SSSR count). The number of aryl methyl sites for hydroxylation is 1. The van der Waals surface area contributed by atoms with Crippen LogP contribution in [-0.4, -0.2) is 47.4 Å². The highest BCUT2D eigenvalue weighted by molar-refractivity contribution is 5.92. The third kappa shape index (κ3) is 4.12. The molecule has 2 amide bonds. The summed E-state index contributed by atoms with van der Waals surface area (Å²) in [6.45, 7) is 4.07. The lowest BCUT2D eigenvalue weighted by Gasteiger charge is -2.35. The van der Waals surface area contributed by atoms with E-state index in [1.807, 2.05) is 24.0 Å². The van der Waals surface area contributed by atoms with Crippen LogP contribution in [0.25, 0.3) is 0 Å². The number of nitrogens with one attached hydrogen (secondary N) is 2. The van der Waals surface area contributed by atoms with Gasteiger partial charge < -0.3 is 15.5 Å². The molecule has 2 N–H and O–H groups in total. The minimum atomic E-state index is -0.159. The highest BCUT2D eigenvalue weighted by Gasteiger charge is 2.32. The van der Waals surface area contributed by atoms with Crippen LogP contribution in [0.3, 0.4) is 0 Å². The summed E-state index contributed by atoms with van der Waals surface area (Å²) in [5, 5.41) is 6.19. The Morgan fingerprint density at radius 3 is 2.88 bits per heavy atom. The number of hydrogen-bond acceptors (Lipinski definition) is 4. The van der Waals surface area contributed by atoms with Gasteiger partial charge in [-0.25, -0.2) is 4.98 Å². The van der Waals surface area contributed by atoms with E-state index in [0.29, 0.717) is 12.4 Å². The van der Waals surface area contributed by atoms with Gasteiger partial charge in [0.1, 0.15) is 5.82 Å². The summed E-state index contributed by atoms with van der Waals surface area (Å²) >= 11 is 0. The molecule has 2 aliphatic heterocycles. The van der Waals surface area contributed by atoms with Crippen molar-refractivity contribution in [2.75, 3.05) is 25.0 Å². The number of aromatic nitrogens is 1. The van der Waals surface area contributed by atoms with Gasteiger partial charge in [0.25, 0.3) is 0 Å². The second-order valence-electron chi connectivity index (χ2n) is 6.78. The third-order valence-electron chi connectivity index (χ3n) is 4.85. The molecule has 130 valence electrons. The number of hydrogen-bond donors (Lipinski definition) is 2. The number of rotatable bonds is 3. The maximum Gasteiger partial charge on any atom is 0.239 e. The van der Waals surface area contributed by atoms with Gasteiger partial charge in [-0.15, -0.1) is 0 Å². The van der Waals surface area contributed by atoms with Gasteiger partial charge in [-0.05, 0) is 51.3 Å². The lowest BCUT2D eigenvalue weighted by atomic mass is 9.95. The average molecular weight is 330 g/mol. The molecule has 24 heavy (non-hydrogen) atoms. The Morgan fingerprint density at radius 1 is 1.25 bits per heavy atom. The van der Waals surface area contributed by atoms with Crippen molar-refractivity contribution in [1.82, 2.24) is 15.2 Å². The van der Waals surface area contributed by atoms with E-state index >= 15 is 0 Å². The molecule has 0 radical (unpaired) electrons. The first-order valence-corrected chi connectivity index (χ1v) is 8.90. The smallest absolute Gasteiger partial charge is 0.239 e. The fraction of sp³-hybridized carbons (Fsp3) is 0.611. The van der Waals surface area contributed by atoms with E-state index in [4.69, 9.17) is 0 Å². The quantitative estimate of drug-likeness (QED) is 0.885. The topological polar surface area (TPSA) is 74.3 Å². The molecular formula is C18H26N4O2. The molecule has 2 fully saturated rings. The molecule has 0 saturated carbocycles. The van der Waals surface area contributed by atoms with Crippen molar-refractivity contribution >= 4 is 17.6 Å². The zero-order valence-electron chi connectivity index (χ0n) is 14.3. The van der Waals surface area contributed by atoms with Crippen LogP contribution in [0.1, 0.15) is 37.8 Å².